The van der Waals surface area contributed by atoms with Crippen molar-refractivity contribution in [2.24, 2.45) is 0 Å². The molecule has 10 heteroatoms. The summed E-state index contributed by atoms with van der Waals surface area (Å²) in [5.74, 6) is 0.149. The van der Waals surface area contributed by atoms with E-state index in [1.165, 1.54) is 11.3 Å². The van der Waals surface area contributed by atoms with E-state index < -0.39 is 5.63 Å². The molecule has 0 aliphatic carbocycles. The van der Waals surface area contributed by atoms with Gasteiger partial charge in [-0.3, -0.25) is 10.1 Å². The molecule has 0 spiro atoms. The predicted molar refractivity (Wildman–Crippen MR) is 164 cm³/mol. The maximum absolute atomic E-state index is 12.8. The fourth-order valence-corrected chi connectivity index (χ4v) is 5.94. The summed E-state index contributed by atoms with van der Waals surface area (Å²) >= 11 is 1.22. The summed E-state index contributed by atoms with van der Waals surface area (Å²) < 4.78 is 16.8. The van der Waals surface area contributed by atoms with Crippen LogP contribution in [0.15, 0.2) is 98.7 Å². The molecule has 2 amide bonds. The highest BCUT2D eigenvalue weighted by molar-refractivity contribution is 7.19. The molecule has 1 saturated heterocycles. The molecule has 0 radical (unpaired) electrons. The third-order valence-electron chi connectivity index (χ3n) is 7.33. The third-order valence-corrected chi connectivity index (χ3v) is 8.27. The molecule has 9 nitrogen and oxygen atoms in total. The highest BCUT2D eigenvalue weighted by Gasteiger charge is 2.19. The molecule has 7 rings (SSSR count). The van der Waals surface area contributed by atoms with E-state index in [-0.39, 0.29) is 11.8 Å². The van der Waals surface area contributed by atoms with Crippen molar-refractivity contribution in [1.29, 1.82) is 0 Å². The molecule has 4 heterocycles. The Balaban J connectivity index is 1.11. The molecule has 1 N–H and O–H groups in total. The smallest absolute Gasteiger partial charge is 0.345 e. The van der Waals surface area contributed by atoms with Gasteiger partial charge >= 0.3 is 11.7 Å². The molecule has 3 aromatic heterocycles. The fraction of sp³-hybridized carbons (Fsp3) is 0.152. The van der Waals surface area contributed by atoms with Gasteiger partial charge in [-0.05, 0) is 53.9 Å². The van der Waals surface area contributed by atoms with Crippen LogP contribution in [0.25, 0.3) is 32.4 Å². The average molecular weight is 592 g/mol. The van der Waals surface area contributed by atoms with Gasteiger partial charge < -0.3 is 18.5 Å². The zero-order valence-electron chi connectivity index (χ0n) is 22.9. The summed E-state index contributed by atoms with van der Waals surface area (Å²) in [7, 11) is 0. The summed E-state index contributed by atoms with van der Waals surface area (Å²) in [5, 5.41) is 4.84. The minimum absolute atomic E-state index is 0.155. The van der Waals surface area contributed by atoms with E-state index >= 15 is 0 Å². The average Bonchev–Trinajstić information content (AvgIpc) is 3.68. The van der Waals surface area contributed by atoms with Crippen molar-refractivity contribution in [2.75, 3.05) is 31.6 Å². The van der Waals surface area contributed by atoms with Crippen molar-refractivity contribution in [2.45, 2.75) is 6.42 Å². The van der Waals surface area contributed by atoms with Crippen LogP contribution in [0.1, 0.15) is 27.2 Å². The van der Waals surface area contributed by atoms with Crippen molar-refractivity contribution in [3.8, 4) is 10.4 Å². The van der Waals surface area contributed by atoms with E-state index in [4.69, 9.17) is 13.6 Å². The molecular weight excluding hydrogens is 566 g/mol. The van der Waals surface area contributed by atoms with Crippen LogP contribution in [0, 0.1) is 0 Å². The molecule has 214 valence electrons. The number of amides is 2. The molecule has 3 aromatic carbocycles. The SMILES string of the molecule is O=C(c1ccccc1)c1cc2cc(Cc3ccc4oc(=O)c(-c5cnc(NC(=O)N6CCOCC6)s5)cc4c3)ccc2o1. The van der Waals surface area contributed by atoms with Gasteiger partial charge in [-0.25, -0.2) is 14.6 Å². The zero-order chi connectivity index (χ0) is 29.3. The van der Waals surface area contributed by atoms with Crippen LogP contribution >= 0.6 is 11.3 Å². The topological polar surface area (TPSA) is 115 Å². The molecule has 1 aliphatic heterocycles. The van der Waals surface area contributed by atoms with Gasteiger partial charge in [0.25, 0.3) is 0 Å². The molecule has 0 saturated carbocycles. The number of aromatic nitrogens is 1. The summed E-state index contributed by atoms with van der Waals surface area (Å²) in [6.45, 7) is 2.05. The lowest BCUT2D eigenvalue weighted by molar-refractivity contribution is 0.0564. The number of rotatable bonds is 6. The van der Waals surface area contributed by atoms with E-state index in [1.54, 1.807) is 41.4 Å². The second kappa shape index (κ2) is 11.3. The lowest BCUT2D eigenvalue weighted by Crippen LogP contribution is -2.43. The quantitative estimate of drug-likeness (QED) is 0.177. The van der Waals surface area contributed by atoms with Gasteiger partial charge in [0.15, 0.2) is 10.9 Å². The number of morpholine rings is 1. The lowest BCUT2D eigenvalue weighted by atomic mass is 10.0. The molecule has 0 unspecified atom stereocenters. The number of nitrogens with one attached hydrogen (secondary N) is 1. The van der Waals surface area contributed by atoms with Gasteiger partial charge in [-0.2, -0.15) is 0 Å². The number of carbonyl (C=O) groups is 2. The van der Waals surface area contributed by atoms with Crippen molar-refractivity contribution in [3.05, 3.63) is 118 Å². The first-order valence-electron chi connectivity index (χ1n) is 13.8. The zero-order valence-corrected chi connectivity index (χ0v) is 23.7. The lowest BCUT2D eigenvalue weighted by Gasteiger charge is -2.26. The van der Waals surface area contributed by atoms with Crippen LogP contribution in [0.4, 0.5) is 9.93 Å². The van der Waals surface area contributed by atoms with Crippen molar-refractivity contribution < 1.29 is 23.2 Å². The number of hydrogen-bond donors (Lipinski definition) is 1. The standard InChI is InChI=1S/C33H25N3O6S/c37-30(22-4-2-1-3-5-22)28-18-24-16-21(6-8-26(24)41-28)14-20-7-9-27-23(15-20)17-25(31(38)42-27)29-19-34-32(43-29)35-33(39)36-10-12-40-13-11-36/h1-9,15-19H,10-14H2,(H,34,35,39). The normalized spacial score (nSPS) is 13.4. The number of hydrogen-bond acceptors (Lipinski definition) is 8. The molecule has 0 atom stereocenters. The number of ether oxygens (including phenoxy) is 1. The Hall–Kier alpha value is -5.06. The Kier molecular flexibility index (Phi) is 7.06. The van der Waals surface area contributed by atoms with Gasteiger partial charge in [0, 0.05) is 35.6 Å². The van der Waals surface area contributed by atoms with Gasteiger partial charge in [0.2, 0.25) is 5.78 Å². The summed E-state index contributed by atoms with van der Waals surface area (Å²) in [5.41, 5.74) is 3.70. The number of carbonyl (C=O) groups excluding carboxylic acids is 2. The van der Waals surface area contributed by atoms with Crippen LogP contribution in [-0.2, 0) is 11.2 Å². The Morgan fingerprint density at radius 3 is 2.30 bits per heavy atom. The van der Waals surface area contributed by atoms with Crippen LogP contribution in [0.3, 0.4) is 0 Å². The van der Waals surface area contributed by atoms with Crippen LogP contribution in [-0.4, -0.2) is 48.0 Å². The molecule has 43 heavy (non-hydrogen) atoms. The number of anilines is 1. The molecular formula is C33H25N3O6S. The fourth-order valence-electron chi connectivity index (χ4n) is 5.13. The molecule has 6 aromatic rings. The van der Waals surface area contributed by atoms with Crippen molar-refractivity contribution >= 4 is 50.2 Å². The van der Waals surface area contributed by atoms with E-state index in [0.717, 1.165) is 21.9 Å². The number of nitrogens with zero attached hydrogens (tertiary/aromatic N) is 2. The Labute approximate surface area is 249 Å². The summed E-state index contributed by atoms with van der Waals surface area (Å²) in [4.78, 5) is 44.8. The van der Waals surface area contributed by atoms with Crippen molar-refractivity contribution in [1.82, 2.24) is 9.88 Å². The van der Waals surface area contributed by atoms with E-state index in [1.807, 2.05) is 48.5 Å². The van der Waals surface area contributed by atoms with Crippen LogP contribution in [0.5, 0.6) is 0 Å². The van der Waals surface area contributed by atoms with Crippen LogP contribution < -0.4 is 10.9 Å². The first kappa shape index (κ1) is 26.8. The van der Waals surface area contributed by atoms with Crippen LogP contribution in [0.2, 0.25) is 0 Å². The first-order valence-corrected chi connectivity index (χ1v) is 14.6. The minimum Gasteiger partial charge on any atom is -0.453 e. The molecule has 0 bridgehead atoms. The highest BCUT2D eigenvalue weighted by atomic mass is 32.1. The van der Waals surface area contributed by atoms with Gasteiger partial charge in [0.05, 0.1) is 23.7 Å². The largest absolute Gasteiger partial charge is 0.453 e. The van der Waals surface area contributed by atoms with E-state index in [2.05, 4.69) is 10.3 Å². The number of ketones is 1. The Bertz CT molecular complexity index is 2040. The summed E-state index contributed by atoms with van der Waals surface area (Å²) in [6.07, 6.45) is 2.20. The molecule has 1 fully saturated rings. The van der Waals surface area contributed by atoms with Gasteiger partial charge in [-0.1, -0.05) is 53.8 Å². The van der Waals surface area contributed by atoms with E-state index in [0.29, 0.717) is 70.8 Å². The van der Waals surface area contributed by atoms with Crippen molar-refractivity contribution in [3.63, 3.8) is 0 Å². The number of fused-ring (bicyclic) bond motifs is 2. The van der Waals surface area contributed by atoms with Gasteiger partial charge in [0.1, 0.15) is 11.2 Å². The van der Waals surface area contributed by atoms with E-state index in [9.17, 15) is 14.4 Å². The van der Waals surface area contributed by atoms with Gasteiger partial charge in [-0.15, -0.1) is 0 Å². The number of thiazole rings is 1. The predicted octanol–water partition coefficient (Wildman–Crippen LogP) is 6.35. The summed E-state index contributed by atoms with van der Waals surface area (Å²) in [6, 6.07) is 24.0. The third kappa shape index (κ3) is 5.57. The maximum atomic E-state index is 12.8. The second-order valence-electron chi connectivity index (χ2n) is 10.2. The Morgan fingerprint density at radius 2 is 1.56 bits per heavy atom. The molecule has 1 aliphatic rings. The second-order valence-corrected chi connectivity index (χ2v) is 11.3. The number of urea groups is 1. The number of benzene rings is 3. The monoisotopic (exact) mass is 591 g/mol. The highest BCUT2D eigenvalue weighted by Crippen LogP contribution is 2.30. The minimum atomic E-state index is -0.471. The number of furan rings is 1. The Morgan fingerprint density at radius 1 is 0.860 bits per heavy atom. The maximum Gasteiger partial charge on any atom is 0.345 e. The first-order chi connectivity index (χ1) is 21.0.